The van der Waals surface area contributed by atoms with Crippen LogP contribution in [0.15, 0.2) is 41.1 Å². The van der Waals surface area contributed by atoms with E-state index in [0.29, 0.717) is 5.56 Å². The van der Waals surface area contributed by atoms with Crippen molar-refractivity contribution in [3.05, 3.63) is 53.2 Å². The van der Waals surface area contributed by atoms with Crippen molar-refractivity contribution in [2.75, 3.05) is 0 Å². The maximum Gasteiger partial charge on any atom is 0.256 e. The van der Waals surface area contributed by atoms with Gasteiger partial charge in [-0.3, -0.25) is 9.78 Å². The molecule has 0 aliphatic heterocycles. The van der Waals surface area contributed by atoms with Crippen molar-refractivity contribution in [2.45, 2.75) is 13.0 Å². The number of rotatable bonds is 3. The fraction of sp³-hybridized carbons (Fsp3) is 0.167. The zero-order chi connectivity index (χ0) is 12.3. The molecule has 0 saturated heterocycles. The summed E-state index contributed by atoms with van der Waals surface area (Å²) in [6, 6.07) is 6.89. The molecule has 0 bridgehead atoms. The first-order chi connectivity index (χ1) is 8.18. The molecule has 0 fully saturated rings. The fourth-order valence-corrected chi connectivity index (χ4v) is 1.64. The monoisotopic (exact) mass is 250 g/mol. The second kappa shape index (κ2) is 5.01. The molecule has 0 saturated carbocycles. The molecule has 88 valence electrons. The highest BCUT2D eigenvalue weighted by molar-refractivity contribution is 6.32. The number of carbonyl (C=O) groups is 1. The van der Waals surface area contributed by atoms with E-state index in [1.54, 1.807) is 6.20 Å². The van der Waals surface area contributed by atoms with E-state index in [2.05, 4.69) is 10.3 Å². The molecule has 0 aliphatic rings. The number of amides is 1. The van der Waals surface area contributed by atoms with Crippen LogP contribution in [0.1, 0.15) is 29.0 Å². The van der Waals surface area contributed by atoms with Crippen LogP contribution in [0.25, 0.3) is 0 Å². The molecule has 4 nitrogen and oxygen atoms in total. The molecule has 0 spiro atoms. The Morgan fingerprint density at radius 1 is 1.47 bits per heavy atom. The Labute approximate surface area is 104 Å². The van der Waals surface area contributed by atoms with Gasteiger partial charge in [-0.2, -0.15) is 0 Å². The van der Waals surface area contributed by atoms with Gasteiger partial charge in [0.15, 0.2) is 0 Å². The Hall–Kier alpha value is -1.81. The number of nitrogens with one attached hydrogen (secondary N) is 1. The average molecular weight is 251 g/mol. The van der Waals surface area contributed by atoms with E-state index in [1.807, 2.05) is 25.1 Å². The summed E-state index contributed by atoms with van der Waals surface area (Å²) in [6.07, 6.45) is 3.06. The lowest BCUT2D eigenvalue weighted by Crippen LogP contribution is -2.27. The third kappa shape index (κ3) is 2.65. The van der Waals surface area contributed by atoms with Gasteiger partial charge in [0.1, 0.15) is 0 Å². The second-order valence-corrected chi connectivity index (χ2v) is 3.90. The highest BCUT2D eigenvalue weighted by atomic mass is 35.5. The van der Waals surface area contributed by atoms with Crippen molar-refractivity contribution in [2.24, 2.45) is 0 Å². The molecule has 2 aromatic heterocycles. The van der Waals surface area contributed by atoms with Gasteiger partial charge in [0, 0.05) is 6.20 Å². The minimum atomic E-state index is -0.276. The number of nitrogens with zero attached hydrogens (tertiary/aromatic N) is 1. The topological polar surface area (TPSA) is 55.1 Å². The van der Waals surface area contributed by atoms with Crippen LogP contribution in [0.3, 0.4) is 0 Å². The standard InChI is InChI=1S/C12H11ClN2O2/c1-8(10-4-2-3-6-14-10)15-12(16)9-5-7-17-11(9)13/h2-8H,1H3,(H,15,16). The molecule has 2 rings (SSSR count). The molecule has 0 radical (unpaired) electrons. The Morgan fingerprint density at radius 3 is 2.88 bits per heavy atom. The van der Waals surface area contributed by atoms with Gasteiger partial charge in [-0.15, -0.1) is 0 Å². The molecule has 1 amide bonds. The molecular weight excluding hydrogens is 240 g/mol. The van der Waals surface area contributed by atoms with Gasteiger partial charge in [-0.05, 0) is 36.7 Å². The average Bonchev–Trinajstić information content (AvgIpc) is 2.76. The summed E-state index contributed by atoms with van der Waals surface area (Å²) in [5.41, 5.74) is 1.12. The number of pyridine rings is 1. The normalized spacial score (nSPS) is 12.1. The molecule has 17 heavy (non-hydrogen) atoms. The predicted octanol–water partition coefficient (Wildman–Crippen LogP) is 2.82. The van der Waals surface area contributed by atoms with Gasteiger partial charge in [-0.1, -0.05) is 6.07 Å². The van der Waals surface area contributed by atoms with E-state index < -0.39 is 0 Å². The summed E-state index contributed by atoms with van der Waals surface area (Å²) >= 11 is 5.72. The van der Waals surface area contributed by atoms with Crippen molar-refractivity contribution in [1.82, 2.24) is 10.3 Å². The molecule has 1 N–H and O–H groups in total. The first kappa shape index (κ1) is 11.7. The molecule has 2 aromatic rings. The third-order valence-electron chi connectivity index (χ3n) is 2.34. The molecule has 1 unspecified atom stereocenters. The van der Waals surface area contributed by atoms with Crippen LogP contribution >= 0.6 is 11.6 Å². The number of aromatic nitrogens is 1. The number of halogens is 1. The summed E-state index contributed by atoms with van der Waals surface area (Å²) in [5.74, 6) is -0.276. The van der Waals surface area contributed by atoms with E-state index in [-0.39, 0.29) is 17.2 Å². The lowest BCUT2D eigenvalue weighted by molar-refractivity contribution is 0.0938. The third-order valence-corrected chi connectivity index (χ3v) is 2.63. The highest BCUT2D eigenvalue weighted by Gasteiger charge is 2.16. The van der Waals surface area contributed by atoms with Gasteiger partial charge in [0.25, 0.3) is 5.91 Å². The van der Waals surface area contributed by atoms with Crippen molar-refractivity contribution in [3.63, 3.8) is 0 Å². The van der Waals surface area contributed by atoms with E-state index in [0.717, 1.165) is 5.69 Å². The Bertz CT molecular complexity index is 510. The van der Waals surface area contributed by atoms with Crippen LogP contribution in [0.2, 0.25) is 5.22 Å². The van der Waals surface area contributed by atoms with Crippen LogP contribution in [0.4, 0.5) is 0 Å². The zero-order valence-electron chi connectivity index (χ0n) is 9.18. The van der Waals surface area contributed by atoms with Gasteiger partial charge in [0.05, 0.1) is 23.6 Å². The Morgan fingerprint density at radius 2 is 2.29 bits per heavy atom. The minimum Gasteiger partial charge on any atom is -0.452 e. The Balaban J connectivity index is 2.08. The van der Waals surface area contributed by atoms with Crippen LogP contribution in [0, 0.1) is 0 Å². The molecule has 5 heteroatoms. The van der Waals surface area contributed by atoms with Gasteiger partial charge < -0.3 is 9.73 Å². The van der Waals surface area contributed by atoms with Crippen molar-refractivity contribution < 1.29 is 9.21 Å². The van der Waals surface area contributed by atoms with Gasteiger partial charge in [-0.25, -0.2) is 0 Å². The molecule has 2 heterocycles. The molecule has 1 atom stereocenters. The fourth-order valence-electron chi connectivity index (χ4n) is 1.44. The van der Waals surface area contributed by atoms with E-state index in [1.165, 1.54) is 12.3 Å². The summed E-state index contributed by atoms with van der Waals surface area (Å²) in [4.78, 5) is 16.0. The zero-order valence-corrected chi connectivity index (χ0v) is 9.94. The van der Waals surface area contributed by atoms with Crippen molar-refractivity contribution in [3.8, 4) is 0 Å². The summed E-state index contributed by atoms with van der Waals surface area (Å²) < 4.78 is 4.86. The number of hydrogen-bond donors (Lipinski definition) is 1. The Kier molecular flexibility index (Phi) is 3.44. The molecule has 0 aromatic carbocycles. The lowest BCUT2D eigenvalue weighted by Gasteiger charge is -2.12. The van der Waals surface area contributed by atoms with E-state index >= 15 is 0 Å². The second-order valence-electron chi connectivity index (χ2n) is 3.56. The highest BCUT2D eigenvalue weighted by Crippen LogP contribution is 2.17. The van der Waals surface area contributed by atoms with Crippen LogP contribution < -0.4 is 5.32 Å². The number of carbonyl (C=O) groups excluding carboxylic acids is 1. The number of hydrogen-bond acceptors (Lipinski definition) is 3. The quantitative estimate of drug-likeness (QED) is 0.911. The van der Waals surface area contributed by atoms with Gasteiger partial charge >= 0.3 is 0 Å². The lowest BCUT2D eigenvalue weighted by atomic mass is 10.2. The summed E-state index contributed by atoms with van der Waals surface area (Å²) in [5, 5.41) is 2.89. The van der Waals surface area contributed by atoms with E-state index in [9.17, 15) is 4.79 Å². The predicted molar refractivity (Wildman–Crippen MR) is 63.8 cm³/mol. The van der Waals surface area contributed by atoms with Crippen molar-refractivity contribution in [1.29, 1.82) is 0 Å². The van der Waals surface area contributed by atoms with Crippen LogP contribution in [0.5, 0.6) is 0 Å². The van der Waals surface area contributed by atoms with E-state index in [4.69, 9.17) is 16.0 Å². The van der Waals surface area contributed by atoms with Gasteiger partial charge in [0.2, 0.25) is 5.22 Å². The number of furan rings is 1. The summed E-state index contributed by atoms with van der Waals surface area (Å²) in [7, 11) is 0. The molecular formula is C12H11ClN2O2. The maximum atomic E-state index is 11.8. The van der Waals surface area contributed by atoms with Crippen LogP contribution in [-0.2, 0) is 0 Å². The largest absolute Gasteiger partial charge is 0.452 e. The maximum absolute atomic E-state index is 11.8. The summed E-state index contributed by atoms with van der Waals surface area (Å²) in [6.45, 7) is 1.86. The smallest absolute Gasteiger partial charge is 0.256 e. The SMILES string of the molecule is CC(NC(=O)c1ccoc1Cl)c1ccccn1. The molecule has 0 aliphatic carbocycles. The first-order valence-electron chi connectivity index (χ1n) is 5.13. The first-order valence-corrected chi connectivity index (χ1v) is 5.51. The minimum absolute atomic E-state index is 0.0933. The van der Waals surface area contributed by atoms with Crippen molar-refractivity contribution >= 4 is 17.5 Å². The van der Waals surface area contributed by atoms with Crippen LogP contribution in [-0.4, -0.2) is 10.9 Å².